The summed E-state index contributed by atoms with van der Waals surface area (Å²) in [4.78, 5) is 26.9. The molecule has 0 aliphatic heterocycles. The molecule has 0 unspecified atom stereocenters. The molecule has 0 atom stereocenters. The minimum absolute atomic E-state index is 0.266. The van der Waals surface area contributed by atoms with Gasteiger partial charge >= 0.3 is 12.2 Å². The molecule has 2 aromatic rings. The van der Waals surface area contributed by atoms with E-state index in [-0.39, 0.29) is 12.3 Å². The molecule has 0 aromatic heterocycles. The van der Waals surface area contributed by atoms with Crippen molar-refractivity contribution in [3.05, 3.63) is 54.6 Å². The maximum absolute atomic E-state index is 12.6. The zero-order chi connectivity index (χ0) is 19.6. The van der Waals surface area contributed by atoms with E-state index in [4.69, 9.17) is 16.3 Å². The standard InChI is InChI=1S/C20H23ClN2O4/c1-2-13-23(16-8-4-3-5-9-16)20(26)27-18-11-6-10-17(15-18)22(19(24)25)14-7-12-21/h3-6,8-11,15H,2,7,12-14H2,1H3,(H,24,25). The minimum atomic E-state index is -1.08. The summed E-state index contributed by atoms with van der Waals surface area (Å²) >= 11 is 5.67. The average molecular weight is 391 g/mol. The third-order valence-corrected chi connectivity index (χ3v) is 4.08. The molecule has 6 nitrogen and oxygen atoms in total. The maximum Gasteiger partial charge on any atom is 0.419 e. The molecule has 0 saturated heterocycles. The van der Waals surface area contributed by atoms with Crippen LogP contribution < -0.4 is 14.5 Å². The summed E-state index contributed by atoms with van der Waals surface area (Å²) in [7, 11) is 0. The van der Waals surface area contributed by atoms with Crippen LogP contribution >= 0.6 is 11.6 Å². The molecule has 0 saturated carbocycles. The van der Waals surface area contributed by atoms with Gasteiger partial charge in [-0.15, -0.1) is 11.6 Å². The summed E-state index contributed by atoms with van der Waals surface area (Å²) in [6.07, 6.45) is -0.297. The maximum atomic E-state index is 12.6. The quantitative estimate of drug-likeness (QED) is 0.627. The fourth-order valence-electron chi connectivity index (χ4n) is 2.58. The zero-order valence-electron chi connectivity index (χ0n) is 15.2. The van der Waals surface area contributed by atoms with Gasteiger partial charge in [-0.3, -0.25) is 9.80 Å². The summed E-state index contributed by atoms with van der Waals surface area (Å²) in [6.45, 7) is 2.76. The predicted molar refractivity (Wildman–Crippen MR) is 107 cm³/mol. The normalized spacial score (nSPS) is 10.3. The Labute approximate surface area is 163 Å². The van der Waals surface area contributed by atoms with Crippen LogP contribution in [0, 0.1) is 0 Å². The Morgan fingerprint density at radius 3 is 2.33 bits per heavy atom. The number of alkyl halides is 1. The van der Waals surface area contributed by atoms with Crippen molar-refractivity contribution in [3.63, 3.8) is 0 Å². The van der Waals surface area contributed by atoms with Crippen molar-refractivity contribution in [3.8, 4) is 5.75 Å². The lowest BCUT2D eigenvalue weighted by molar-refractivity contribution is 0.202. The lowest BCUT2D eigenvalue weighted by Crippen LogP contribution is -2.34. The molecule has 0 aliphatic carbocycles. The number of rotatable bonds is 8. The first-order valence-corrected chi connectivity index (χ1v) is 9.31. The second kappa shape index (κ2) is 10.4. The molecule has 0 bridgehead atoms. The molecule has 0 heterocycles. The van der Waals surface area contributed by atoms with Gasteiger partial charge in [0.15, 0.2) is 0 Å². The Bertz CT molecular complexity index is 755. The average Bonchev–Trinajstić information content (AvgIpc) is 2.67. The van der Waals surface area contributed by atoms with Crippen LogP contribution in [0.15, 0.2) is 54.6 Å². The zero-order valence-corrected chi connectivity index (χ0v) is 15.9. The lowest BCUT2D eigenvalue weighted by atomic mass is 10.2. The van der Waals surface area contributed by atoms with Crippen LogP contribution in [-0.2, 0) is 0 Å². The monoisotopic (exact) mass is 390 g/mol. The van der Waals surface area contributed by atoms with Crippen molar-refractivity contribution in [2.75, 3.05) is 28.8 Å². The number of ether oxygens (including phenoxy) is 1. The van der Waals surface area contributed by atoms with Crippen LogP contribution in [-0.4, -0.2) is 36.3 Å². The number of para-hydroxylation sites is 1. The first kappa shape index (κ1) is 20.6. The van der Waals surface area contributed by atoms with E-state index in [1.165, 1.54) is 11.0 Å². The van der Waals surface area contributed by atoms with E-state index in [0.717, 1.165) is 12.1 Å². The smallest absolute Gasteiger partial charge is 0.419 e. The van der Waals surface area contributed by atoms with Crippen LogP contribution in [0.2, 0.25) is 0 Å². The summed E-state index contributed by atoms with van der Waals surface area (Å²) in [5.41, 5.74) is 1.18. The predicted octanol–water partition coefficient (Wildman–Crippen LogP) is 5.22. The Morgan fingerprint density at radius 2 is 1.70 bits per heavy atom. The Morgan fingerprint density at radius 1 is 1.00 bits per heavy atom. The molecule has 2 rings (SSSR count). The molecule has 0 fully saturated rings. The molecule has 2 aromatic carbocycles. The van der Waals surface area contributed by atoms with Crippen molar-refractivity contribution in [2.45, 2.75) is 19.8 Å². The first-order chi connectivity index (χ1) is 13.1. The van der Waals surface area contributed by atoms with Crippen molar-refractivity contribution < 1.29 is 19.4 Å². The van der Waals surface area contributed by atoms with Gasteiger partial charge in [0.1, 0.15) is 5.75 Å². The largest absolute Gasteiger partial charge is 0.465 e. The number of carbonyl (C=O) groups excluding carboxylic acids is 1. The number of hydrogen-bond donors (Lipinski definition) is 1. The highest BCUT2D eigenvalue weighted by Crippen LogP contribution is 2.23. The summed E-state index contributed by atoms with van der Waals surface area (Å²) < 4.78 is 5.50. The van der Waals surface area contributed by atoms with E-state index < -0.39 is 12.2 Å². The van der Waals surface area contributed by atoms with Crippen molar-refractivity contribution in [1.29, 1.82) is 0 Å². The van der Waals surface area contributed by atoms with Gasteiger partial charge in [-0.2, -0.15) is 0 Å². The number of benzene rings is 2. The number of amides is 2. The third-order valence-electron chi connectivity index (χ3n) is 3.82. The van der Waals surface area contributed by atoms with Crippen LogP contribution in [0.4, 0.5) is 21.0 Å². The molecule has 27 heavy (non-hydrogen) atoms. The number of halogens is 1. The van der Waals surface area contributed by atoms with Crippen molar-refractivity contribution in [1.82, 2.24) is 0 Å². The SMILES string of the molecule is CCCN(C(=O)Oc1cccc(N(CCCCl)C(=O)O)c1)c1ccccc1. The Kier molecular flexibility index (Phi) is 7.95. The van der Waals surface area contributed by atoms with Crippen molar-refractivity contribution in [2.24, 2.45) is 0 Å². The van der Waals surface area contributed by atoms with Gasteiger partial charge < -0.3 is 9.84 Å². The Balaban J connectivity index is 2.18. The highest BCUT2D eigenvalue weighted by molar-refractivity contribution is 6.17. The highest BCUT2D eigenvalue weighted by Gasteiger charge is 2.19. The van der Waals surface area contributed by atoms with Crippen LogP contribution in [0.25, 0.3) is 0 Å². The number of hydrogen-bond acceptors (Lipinski definition) is 3. The Hall–Kier alpha value is -2.73. The molecule has 1 N–H and O–H groups in total. The fraction of sp³-hybridized carbons (Fsp3) is 0.300. The first-order valence-electron chi connectivity index (χ1n) is 8.77. The summed E-state index contributed by atoms with van der Waals surface area (Å²) in [5.74, 6) is 0.647. The fourth-order valence-corrected chi connectivity index (χ4v) is 2.70. The minimum Gasteiger partial charge on any atom is -0.465 e. The van der Waals surface area contributed by atoms with Gasteiger partial charge in [-0.1, -0.05) is 31.2 Å². The molecule has 0 aliphatic rings. The molecule has 2 amide bonds. The van der Waals surface area contributed by atoms with E-state index >= 15 is 0 Å². The van der Waals surface area contributed by atoms with Gasteiger partial charge in [-0.25, -0.2) is 9.59 Å². The number of nitrogens with zero attached hydrogens (tertiary/aromatic N) is 2. The molecular weight excluding hydrogens is 368 g/mol. The van der Waals surface area contributed by atoms with E-state index in [9.17, 15) is 14.7 Å². The molecule has 7 heteroatoms. The summed E-state index contributed by atoms with van der Waals surface area (Å²) in [6, 6.07) is 15.7. The van der Waals surface area contributed by atoms with Crippen LogP contribution in [0.5, 0.6) is 5.75 Å². The number of carboxylic acid groups (broad SMARTS) is 1. The van der Waals surface area contributed by atoms with Crippen molar-refractivity contribution >= 4 is 35.2 Å². The van der Waals surface area contributed by atoms with Gasteiger partial charge in [0.05, 0.1) is 5.69 Å². The third kappa shape index (κ3) is 5.89. The molecule has 144 valence electrons. The second-order valence-corrected chi connectivity index (χ2v) is 6.21. The molecule has 0 radical (unpaired) electrons. The van der Waals surface area contributed by atoms with Crippen LogP contribution in [0.3, 0.4) is 0 Å². The van der Waals surface area contributed by atoms with Gasteiger partial charge in [0.25, 0.3) is 0 Å². The lowest BCUT2D eigenvalue weighted by Gasteiger charge is -2.22. The van der Waals surface area contributed by atoms with Gasteiger partial charge in [-0.05, 0) is 37.1 Å². The number of anilines is 2. The van der Waals surface area contributed by atoms with E-state index in [1.54, 1.807) is 23.1 Å². The molecule has 0 spiro atoms. The van der Waals surface area contributed by atoms with Crippen LogP contribution in [0.1, 0.15) is 19.8 Å². The van der Waals surface area contributed by atoms with E-state index in [1.807, 2.05) is 37.3 Å². The topological polar surface area (TPSA) is 70.1 Å². The highest BCUT2D eigenvalue weighted by atomic mass is 35.5. The molecular formula is C20H23ClN2O4. The van der Waals surface area contributed by atoms with E-state index in [2.05, 4.69) is 0 Å². The number of carbonyl (C=O) groups is 2. The summed E-state index contributed by atoms with van der Waals surface area (Å²) in [5, 5.41) is 9.40. The second-order valence-electron chi connectivity index (χ2n) is 5.83. The van der Waals surface area contributed by atoms with E-state index in [0.29, 0.717) is 24.5 Å². The van der Waals surface area contributed by atoms with Gasteiger partial charge in [0, 0.05) is 30.7 Å². The van der Waals surface area contributed by atoms with Gasteiger partial charge in [0.2, 0.25) is 0 Å².